The van der Waals surface area contributed by atoms with Gasteiger partial charge in [-0.05, 0) is 25.0 Å². The molecule has 2 aromatic rings. The molecule has 2 saturated heterocycles. The molecule has 3 aliphatic rings. The zero-order valence-corrected chi connectivity index (χ0v) is 18.8. The molecule has 1 aromatic carbocycles. The summed E-state index contributed by atoms with van der Waals surface area (Å²) < 4.78 is 17.4. The van der Waals surface area contributed by atoms with Crippen molar-refractivity contribution in [3.8, 4) is 11.5 Å². The summed E-state index contributed by atoms with van der Waals surface area (Å²) in [5.41, 5.74) is 0.994. The number of nitrogens with zero attached hydrogens (tertiary/aromatic N) is 3. The van der Waals surface area contributed by atoms with Crippen molar-refractivity contribution in [3.63, 3.8) is 0 Å². The number of fused-ring (bicyclic) bond motifs is 1. The fourth-order valence-electron chi connectivity index (χ4n) is 4.25. The van der Waals surface area contributed by atoms with Crippen LogP contribution in [0.1, 0.15) is 31.4 Å². The molecular formula is C22H26Cl2N4O3. The van der Waals surface area contributed by atoms with Crippen molar-refractivity contribution in [2.75, 3.05) is 43.1 Å². The number of piperidine rings is 1. The van der Waals surface area contributed by atoms with Crippen LogP contribution in [0.2, 0.25) is 10.0 Å². The maximum Gasteiger partial charge on any atom is 0.227 e. The Balaban J connectivity index is 1.25. The second-order valence-corrected chi connectivity index (χ2v) is 8.97. The number of aromatic nitrogens is 2. The number of ether oxygens (including phenoxy) is 3. The molecule has 0 atom stereocenters. The summed E-state index contributed by atoms with van der Waals surface area (Å²) in [6.45, 7) is 3.90. The Morgan fingerprint density at radius 3 is 2.58 bits per heavy atom. The lowest BCUT2D eigenvalue weighted by atomic mass is 10.1. The first-order valence-electron chi connectivity index (χ1n) is 10.9. The van der Waals surface area contributed by atoms with E-state index in [1.807, 2.05) is 6.07 Å². The molecule has 4 heterocycles. The molecule has 2 fully saturated rings. The molecule has 0 unspecified atom stereocenters. The second-order valence-electron chi connectivity index (χ2n) is 8.16. The van der Waals surface area contributed by atoms with Gasteiger partial charge in [0.15, 0.2) is 11.6 Å². The highest BCUT2D eigenvalue weighted by atomic mass is 35.5. The zero-order chi connectivity index (χ0) is 21.2. The van der Waals surface area contributed by atoms with Gasteiger partial charge in [0.05, 0.1) is 22.3 Å². The summed E-state index contributed by atoms with van der Waals surface area (Å²) in [5, 5.41) is 4.62. The third-order valence-electron chi connectivity index (χ3n) is 5.99. The van der Waals surface area contributed by atoms with Crippen LogP contribution in [0.25, 0.3) is 0 Å². The van der Waals surface area contributed by atoms with Crippen LogP contribution in [0.3, 0.4) is 0 Å². The van der Waals surface area contributed by atoms with E-state index in [-0.39, 0.29) is 6.10 Å². The minimum atomic E-state index is 0.131. The summed E-state index contributed by atoms with van der Waals surface area (Å²) in [6.07, 6.45) is 4.69. The molecule has 5 rings (SSSR count). The Hall–Kier alpha value is -1.96. The van der Waals surface area contributed by atoms with E-state index in [0.717, 1.165) is 87.4 Å². The van der Waals surface area contributed by atoms with Crippen molar-refractivity contribution in [2.45, 2.75) is 44.2 Å². The van der Waals surface area contributed by atoms with Gasteiger partial charge in [0.1, 0.15) is 11.9 Å². The van der Waals surface area contributed by atoms with Crippen molar-refractivity contribution in [1.82, 2.24) is 9.97 Å². The lowest BCUT2D eigenvalue weighted by Gasteiger charge is -2.33. The molecule has 31 heavy (non-hydrogen) atoms. The Morgan fingerprint density at radius 2 is 1.81 bits per heavy atom. The molecule has 0 amide bonds. The van der Waals surface area contributed by atoms with Crippen molar-refractivity contribution in [2.24, 2.45) is 0 Å². The fourth-order valence-corrected chi connectivity index (χ4v) is 4.53. The largest absolute Gasteiger partial charge is 0.490 e. The molecule has 0 radical (unpaired) electrons. The van der Waals surface area contributed by atoms with Gasteiger partial charge in [-0.1, -0.05) is 23.2 Å². The second kappa shape index (κ2) is 9.27. The molecule has 9 heteroatoms. The lowest BCUT2D eigenvalue weighted by molar-refractivity contribution is 0.0903. The van der Waals surface area contributed by atoms with Crippen LogP contribution < -0.4 is 19.7 Å². The van der Waals surface area contributed by atoms with E-state index in [1.165, 1.54) is 0 Å². The molecule has 0 aliphatic carbocycles. The maximum atomic E-state index is 6.12. The normalized spacial score (nSPS) is 19.7. The van der Waals surface area contributed by atoms with E-state index in [4.69, 9.17) is 47.4 Å². The van der Waals surface area contributed by atoms with Gasteiger partial charge in [0.25, 0.3) is 0 Å². The Kier molecular flexibility index (Phi) is 6.25. The average Bonchev–Trinajstić information content (AvgIpc) is 3.27. The lowest BCUT2D eigenvalue weighted by Crippen LogP contribution is -2.39. The van der Waals surface area contributed by atoms with Crippen molar-refractivity contribution >= 4 is 35.0 Å². The Labute approximate surface area is 192 Å². The highest BCUT2D eigenvalue weighted by Crippen LogP contribution is 2.35. The van der Waals surface area contributed by atoms with Crippen LogP contribution in [0, 0.1) is 0 Å². The number of halogens is 2. The predicted molar refractivity (Wildman–Crippen MR) is 121 cm³/mol. The van der Waals surface area contributed by atoms with Gasteiger partial charge in [0, 0.05) is 57.7 Å². The van der Waals surface area contributed by atoms with E-state index in [9.17, 15) is 0 Å². The fraction of sp³-hybridized carbons (Fsp3) is 0.545. The Morgan fingerprint density at radius 1 is 1.00 bits per heavy atom. The van der Waals surface area contributed by atoms with Crippen molar-refractivity contribution < 1.29 is 14.2 Å². The van der Waals surface area contributed by atoms with Gasteiger partial charge >= 0.3 is 0 Å². The number of nitrogens with one attached hydrogen (secondary N) is 1. The molecule has 1 aromatic heterocycles. The molecule has 0 spiro atoms. The summed E-state index contributed by atoms with van der Waals surface area (Å²) in [5.74, 6) is 3.15. The topological polar surface area (TPSA) is 68.7 Å². The quantitative estimate of drug-likeness (QED) is 0.704. The third-order valence-corrected chi connectivity index (χ3v) is 6.73. The van der Waals surface area contributed by atoms with Crippen LogP contribution >= 0.6 is 23.2 Å². The zero-order valence-electron chi connectivity index (χ0n) is 17.3. The van der Waals surface area contributed by atoms with Crippen molar-refractivity contribution in [1.29, 1.82) is 0 Å². The van der Waals surface area contributed by atoms with Gasteiger partial charge in [0.2, 0.25) is 5.95 Å². The number of anilines is 2. The van der Waals surface area contributed by atoms with Crippen LogP contribution in [0.5, 0.6) is 11.5 Å². The molecule has 7 nitrogen and oxygen atoms in total. The molecule has 0 saturated carbocycles. The van der Waals surface area contributed by atoms with E-state index >= 15 is 0 Å². The van der Waals surface area contributed by atoms with Crippen LogP contribution in [0.4, 0.5) is 11.8 Å². The highest BCUT2D eigenvalue weighted by Gasteiger charge is 2.28. The summed E-state index contributed by atoms with van der Waals surface area (Å²) in [6, 6.07) is 5.75. The van der Waals surface area contributed by atoms with E-state index in [0.29, 0.717) is 22.7 Å². The first-order chi connectivity index (χ1) is 15.2. The SMILES string of the molecule is Clc1ccc(OC2CCN(c3nc4c(c(NC5CCOCC5)n3)OCC4)CC2)cc1Cl. The molecule has 3 aliphatic heterocycles. The van der Waals surface area contributed by atoms with E-state index < -0.39 is 0 Å². The average molecular weight is 465 g/mol. The molecule has 166 valence electrons. The smallest absolute Gasteiger partial charge is 0.227 e. The number of hydrogen-bond donors (Lipinski definition) is 1. The summed E-state index contributed by atoms with van der Waals surface area (Å²) >= 11 is 12.1. The summed E-state index contributed by atoms with van der Waals surface area (Å²) in [4.78, 5) is 11.9. The monoisotopic (exact) mass is 464 g/mol. The van der Waals surface area contributed by atoms with Crippen LogP contribution in [0.15, 0.2) is 18.2 Å². The minimum Gasteiger partial charge on any atom is -0.490 e. The summed E-state index contributed by atoms with van der Waals surface area (Å²) in [7, 11) is 0. The molecule has 1 N–H and O–H groups in total. The standard InChI is InChI=1S/C22H26Cl2N4O3/c23-17-2-1-16(13-18(17)24)31-15-3-8-28(9-4-15)22-26-19-7-12-30-20(19)21(27-22)25-14-5-10-29-11-6-14/h1-2,13-15H,3-12H2,(H,25,26,27). The first kappa shape index (κ1) is 20.9. The van der Waals surface area contributed by atoms with Gasteiger partial charge in [-0.15, -0.1) is 0 Å². The third kappa shape index (κ3) is 4.78. The van der Waals surface area contributed by atoms with E-state index in [1.54, 1.807) is 12.1 Å². The minimum absolute atomic E-state index is 0.131. The first-order valence-corrected chi connectivity index (χ1v) is 11.7. The van der Waals surface area contributed by atoms with Crippen molar-refractivity contribution in [3.05, 3.63) is 33.9 Å². The van der Waals surface area contributed by atoms with Crippen LogP contribution in [-0.2, 0) is 11.2 Å². The Bertz CT molecular complexity index is 931. The number of rotatable bonds is 5. The van der Waals surface area contributed by atoms with Gasteiger partial charge < -0.3 is 24.4 Å². The predicted octanol–water partition coefficient (Wildman–Crippen LogP) is 4.36. The maximum absolute atomic E-state index is 6.12. The van der Waals surface area contributed by atoms with Gasteiger partial charge in [-0.25, -0.2) is 4.98 Å². The van der Waals surface area contributed by atoms with Gasteiger partial charge in [-0.2, -0.15) is 4.98 Å². The van der Waals surface area contributed by atoms with Crippen LogP contribution in [-0.4, -0.2) is 55.0 Å². The molecular weight excluding hydrogens is 439 g/mol. The number of benzene rings is 1. The molecule has 0 bridgehead atoms. The number of hydrogen-bond acceptors (Lipinski definition) is 7. The van der Waals surface area contributed by atoms with Gasteiger partial charge in [-0.3, -0.25) is 0 Å². The van der Waals surface area contributed by atoms with E-state index in [2.05, 4.69) is 10.2 Å². The highest BCUT2D eigenvalue weighted by molar-refractivity contribution is 6.42.